The zero-order chi connectivity index (χ0) is 20.6. The van der Waals surface area contributed by atoms with Gasteiger partial charge in [0.25, 0.3) is 5.91 Å². The Balaban J connectivity index is 2.10. The van der Waals surface area contributed by atoms with E-state index in [0.29, 0.717) is 12.8 Å². The van der Waals surface area contributed by atoms with Crippen LogP contribution in [-0.2, 0) is 14.3 Å². The van der Waals surface area contributed by atoms with Crippen molar-refractivity contribution >= 4 is 17.8 Å². The number of methoxy groups -OCH3 is 2. The van der Waals surface area contributed by atoms with E-state index >= 15 is 0 Å². The van der Waals surface area contributed by atoms with Crippen molar-refractivity contribution in [3.63, 3.8) is 0 Å². The second kappa shape index (κ2) is 9.74. The Morgan fingerprint density at radius 3 is 2.00 bits per heavy atom. The number of carbonyl (C=O) groups is 3. The highest BCUT2D eigenvalue weighted by atomic mass is 16.5. The Kier molecular flexibility index (Phi) is 7.38. The molecule has 0 spiro atoms. The van der Waals surface area contributed by atoms with Crippen molar-refractivity contribution < 1.29 is 28.6 Å². The molecule has 1 aromatic carbocycles. The zero-order valence-corrected chi connectivity index (χ0v) is 16.1. The molecule has 2 rings (SSSR count). The maximum absolute atomic E-state index is 12.3. The lowest BCUT2D eigenvalue weighted by atomic mass is 9.92. The third-order valence-corrected chi connectivity index (χ3v) is 4.67. The number of nitrogens with zero attached hydrogens (tertiary/aromatic N) is 1. The van der Waals surface area contributed by atoms with Gasteiger partial charge in [0.05, 0.1) is 31.4 Å². The molecule has 28 heavy (non-hydrogen) atoms. The number of esters is 2. The van der Waals surface area contributed by atoms with Gasteiger partial charge >= 0.3 is 11.9 Å². The summed E-state index contributed by atoms with van der Waals surface area (Å²) < 4.78 is 14.8. The van der Waals surface area contributed by atoms with E-state index < -0.39 is 23.4 Å². The standard InChI is InChI=1S/C20H24N2O6/c1-26-18(24)14-9-15(19(25)27-2)11-16(10-14)28-12-17(23)22-20(13-21)7-5-3-4-6-8-20/h9-11H,3-8,12H2,1-2H3,(H,22,23). The van der Waals surface area contributed by atoms with Gasteiger partial charge in [-0.25, -0.2) is 9.59 Å². The summed E-state index contributed by atoms with van der Waals surface area (Å²) in [5, 5.41) is 12.3. The Hall–Kier alpha value is -3.08. The van der Waals surface area contributed by atoms with E-state index in [4.69, 9.17) is 4.74 Å². The van der Waals surface area contributed by atoms with Gasteiger partial charge in [-0.1, -0.05) is 25.7 Å². The fourth-order valence-electron chi connectivity index (χ4n) is 3.20. The minimum absolute atomic E-state index is 0.0954. The highest BCUT2D eigenvalue weighted by Gasteiger charge is 2.32. The van der Waals surface area contributed by atoms with Crippen LogP contribution in [0.3, 0.4) is 0 Å². The van der Waals surface area contributed by atoms with Crippen molar-refractivity contribution in [1.29, 1.82) is 5.26 Å². The topological polar surface area (TPSA) is 115 Å². The first-order valence-corrected chi connectivity index (χ1v) is 9.10. The van der Waals surface area contributed by atoms with Gasteiger partial charge in [-0.15, -0.1) is 0 Å². The van der Waals surface area contributed by atoms with Gasteiger partial charge in [0.1, 0.15) is 11.3 Å². The van der Waals surface area contributed by atoms with Crippen LogP contribution >= 0.6 is 0 Å². The van der Waals surface area contributed by atoms with E-state index in [0.717, 1.165) is 25.7 Å². The van der Waals surface area contributed by atoms with Gasteiger partial charge in [-0.05, 0) is 31.0 Å². The van der Waals surface area contributed by atoms with Gasteiger partial charge in [-0.2, -0.15) is 5.26 Å². The summed E-state index contributed by atoms with van der Waals surface area (Å²) in [6, 6.07) is 6.30. The van der Waals surface area contributed by atoms with E-state index in [1.807, 2.05) is 0 Å². The monoisotopic (exact) mass is 388 g/mol. The highest BCUT2D eigenvalue weighted by molar-refractivity contribution is 5.96. The predicted octanol–water partition coefficient (Wildman–Crippen LogP) is 2.37. The number of hydrogen-bond donors (Lipinski definition) is 1. The molecule has 1 saturated carbocycles. The largest absolute Gasteiger partial charge is 0.484 e. The molecule has 8 heteroatoms. The summed E-state index contributed by atoms with van der Waals surface area (Å²) in [4.78, 5) is 35.9. The minimum atomic E-state index is -0.873. The van der Waals surface area contributed by atoms with Gasteiger partial charge < -0.3 is 19.5 Å². The lowest BCUT2D eigenvalue weighted by Crippen LogP contribution is -2.48. The number of rotatable bonds is 6. The third-order valence-electron chi connectivity index (χ3n) is 4.67. The first-order chi connectivity index (χ1) is 13.4. The SMILES string of the molecule is COC(=O)c1cc(OCC(=O)NC2(C#N)CCCCCC2)cc(C(=O)OC)c1. The summed E-state index contributed by atoms with van der Waals surface area (Å²) in [7, 11) is 2.43. The number of hydrogen-bond acceptors (Lipinski definition) is 7. The normalized spacial score (nSPS) is 15.5. The molecular weight excluding hydrogens is 364 g/mol. The number of amides is 1. The van der Waals surface area contributed by atoms with E-state index in [1.165, 1.54) is 32.4 Å². The molecule has 150 valence electrons. The molecule has 0 saturated heterocycles. The summed E-state index contributed by atoms with van der Waals surface area (Å²) in [5.41, 5.74) is -0.682. The predicted molar refractivity (Wildman–Crippen MR) is 98.8 cm³/mol. The lowest BCUT2D eigenvalue weighted by Gasteiger charge is -2.26. The second-order valence-corrected chi connectivity index (χ2v) is 6.67. The van der Waals surface area contributed by atoms with Crippen molar-refractivity contribution in [3.8, 4) is 11.8 Å². The summed E-state index contributed by atoms with van der Waals surface area (Å²) in [5.74, 6) is -1.60. The van der Waals surface area contributed by atoms with Crippen LogP contribution in [0.15, 0.2) is 18.2 Å². The first kappa shape index (κ1) is 21.2. The molecule has 1 aromatic rings. The Labute approximate surface area is 163 Å². The van der Waals surface area contributed by atoms with Crippen molar-refractivity contribution in [3.05, 3.63) is 29.3 Å². The summed E-state index contributed by atoms with van der Waals surface area (Å²) >= 11 is 0. The third kappa shape index (κ3) is 5.46. The molecular formula is C20H24N2O6. The average molecular weight is 388 g/mol. The molecule has 0 bridgehead atoms. The van der Waals surface area contributed by atoms with Gasteiger partial charge in [-0.3, -0.25) is 4.79 Å². The maximum atomic E-state index is 12.3. The van der Waals surface area contributed by atoms with Gasteiger partial charge in [0.2, 0.25) is 0 Å². The van der Waals surface area contributed by atoms with Crippen LogP contribution < -0.4 is 10.1 Å². The molecule has 1 aliphatic carbocycles. The Morgan fingerprint density at radius 2 is 1.54 bits per heavy atom. The quantitative estimate of drug-likeness (QED) is 0.587. The summed E-state index contributed by atoms with van der Waals surface area (Å²) in [6.07, 6.45) is 5.09. The van der Waals surface area contributed by atoms with E-state index in [-0.39, 0.29) is 23.5 Å². The minimum Gasteiger partial charge on any atom is -0.484 e. The highest BCUT2D eigenvalue weighted by Crippen LogP contribution is 2.26. The number of nitriles is 1. The molecule has 8 nitrogen and oxygen atoms in total. The molecule has 0 unspecified atom stereocenters. The summed E-state index contributed by atoms with van der Waals surface area (Å²) in [6.45, 7) is -0.353. The molecule has 1 fully saturated rings. The van der Waals surface area contributed by atoms with E-state index in [2.05, 4.69) is 20.9 Å². The van der Waals surface area contributed by atoms with E-state index in [9.17, 15) is 19.6 Å². The van der Waals surface area contributed by atoms with Crippen molar-refractivity contribution in [1.82, 2.24) is 5.32 Å². The molecule has 1 N–H and O–H groups in total. The molecule has 1 amide bonds. The van der Waals surface area contributed by atoms with Crippen LogP contribution in [0.2, 0.25) is 0 Å². The van der Waals surface area contributed by atoms with Crippen LogP contribution in [0.25, 0.3) is 0 Å². The molecule has 0 aliphatic heterocycles. The lowest BCUT2D eigenvalue weighted by molar-refractivity contribution is -0.124. The van der Waals surface area contributed by atoms with Gasteiger partial charge in [0.15, 0.2) is 6.61 Å². The second-order valence-electron chi connectivity index (χ2n) is 6.67. The smallest absolute Gasteiger partial charge is 0.338 e. The molecule has 1 aliphatic rings. The van der Waals surface area contributed by atoms with Crippen molar-refractivity contribution in [2.24, 2.45) is 0 Å². The van der Waals surface area contributed by atoms with Gasteiger partial charge in [0, 0.05) is 0 Å². The number of benzene rings is 1. The molecule has 0 heterocycles. The van der Waals surface area contributed by atoms with Crippen LogP contribution in [0.1, 0.15) is 59.2 Å². The zero-order valence-electron chi connectivity index (χ0n) is 16.1. The average Bonchev–Trinajstić information content (AvgIpc) is 2.96. The molecule has 0 radical (unpaired) electrons. The number of ether oxygens (including phenoxy) is 3. The van der Waals surface area contributed by atoms with Crippen molar-refractivity contribution in [2.45, 2.75) is 44.1 Å². The number of nitrogens with one attached hydrogen (secondary N) is 1. The fraction of sp³-hybridized carbons (Fsp3) is 0.500. The Bertz CT molecular complexity index is 741. The van der Waals surface area contributed by atoms with Crippen LogP contribution in [0, 0.1) is 11.3 Å². The molecule has 0 atom stereocenters. The van der Waals surface area contributed by atoms with Crippen molar-refractivity contribution in [2.75, 3.05) is 20.8 Å². The van der Waals surface area contributed by atoms with Crippen LogP contribution in [0.4, 0.5) is 0 Å². The molecule has 0 aromatic heterocycles. The fourth-order valence-corrected chi connectivity index (χ4v) is 3.20. The number of carbonyl (C=O) groups excluding carboxylic acids is 3. The van der Waals surface area contributed by atoms with Crippen LogP contribution in [-0.4, -0.2) is 44.2 Å². The first-order valence-electron chi connectivity index (χ1n) is 9.10. The Morgan fingerprint density at radius 1 is 1.00 bits per heavy atom. The van der Waals surface area contributed by atoms with Crippen LogP contribution in [0.5, 0.6) is 5.75 Å². The van der Waals surface area contributed by atoms with E-state index in [1.54, 1.807) is 0 Å². The maximum Gasteiger partial charge on any atom is 0.338 e.